The van der Waals surface area contributed by atoms with Crippen molar-refractivity contribution in [1.29, 1.82) is 0 Å². The minimum Gasteiger partial charge on any atom is -0.381 e. The van der Waals surface area contributed by atoms with Gasteiger partial charge in [0.05, 0.1) is 0 Å². The molecule has 0 saturated carbocycles. The number of benzene rings is 1. The fraction of sp³-hybridized carbons (Fsp3) is 0.500. The molecule has 0 amide bonds. The number of ether oxygens (including phenoxy) is 1. The summed E-state index contributed by atoms with van der Waals surface area (Å²) in [4.78, 5) is 0. The van der Waals surface area contributed by atoms with Crippen LogP contribution in [0.2, 0.25) is 0 Å². The van der Waals surface area contributed by atoms with E-state index >= 15 is 0 Å². The molecule has 1 aliphatic heterocycles. The first-order valence-corrected chi connectivity index (χ1v) is 5.57. The molecule has 0 aromatic heterocycles. The molecular weight excluding hydrogens is 231 g/mol. The largest absolute Gasteiger partial charge is 0.381 e. The van der Waals surface area contributed by atoms with Gasteiger partial charge in [0.2, 0.25) is 0 Å². The summed E-state index contributed by atoms with van der Waals surface area (Å²) in [6.07, 6.45) is 1.36. The SMILES string of the molecule is N[C@H](c1cc(F)cc(F)c1F)C1CCOCC1. The highest BCUT2D eigenvalue weighted by molar-refractivity contribution is 5.24. The van der Waals surface area contributed by atoms with Gasteiger partial charge in [-0.3, -0.25) is 0 Å². The zero-order valence-corrected chi connectivity index (χ0v) is 9.26. The molecular formula is C12H14F3NO. The Morgan fingerprint density at radius 1 is 1.18 bits per heavy atom. The van der Waals surface area contributed by atoms with Crippen LogP contribution in [0.1, 0.15) is 24.4 Å². The topological polar surface area (TPSA) is 35.2 Å². The Kier molecular flexibility index (Phi) is 3.69. The highest BCUT2D eigenvalue weighted by atomic mass is 19.2. The van der Waals surface area contributed by atoms with Gasteiger partial charge in [-0.25, -0.2) is 13.2 Å². The summed E-state index contributed by atoms with van der Waals surface area (Å²) in [5.41, 5.74) is 5.79. The van der Waals surface area contributed by atoms with Crippen LogP contribution in [0.4, 0.5) is 13.2 Å². The number of nitrogens with two attached hydrogens (primary N) is 1. The molecule has 17 heavy (non-hydrogen) atoms. The molecule has 0 spiro atoms. The van der Waals surface area contributed by atoms with E-state index < -0.39 is 23.5 Å². The van der Waals surface area contributed by atoms with Crippen molar-refractivity contribution in [1.82, 2.24) is 0 Å². The maximum atomic E-state index is 13.5. The molecule has 0 aliphatic carbocycles. The van der Waals surface area contributed by atoms with E-state index in [9.17, 15) is 13.2 Å². The van der Waals surface area contributed by atoms with E-state index in [4.69, 9.17) is 10.5 Å². The van der Waals surface area contributed by atoms with Crippen molar-refractivity contribution < 1.29 is 17.9 Å². The van der Waals surface area contributed by atoms with Crippen molar-refractivity contribution in [2.24, 2.45) is 11.7 Å². The lowest BCUT2D eigenvalue weighted by molar-refractivity contribution is 0.0579. The number of hydrogen-bond acceptors (Lipinski definition) is 2. The van der Waals surface area contributed by atoms with Gasteiger partial charge in [-0.2, -0.15) is 0 Å². The van der Waals surface area contributed by atoms with E-state index in [1.807, 2.05) is 0 Å². The first-order valence-electron chi connectivity index (χ1n) is 5.57. The quantitative estimate of drug-likeness (QED) is 0.812. The van der Waals surface area contributed by atoms with Gasteiger partial charge in [-0.05, 0) is 24.8 Å². The second-order valence-electron chi connectivity index (χ2n) is 4.27. The van der Waals surface area contributed by atoms with Crippen LogP contribution < -0.4 is 5.73 Å². The van der Waals surface area contributed by atoms with Crippen molar-refractivity contribution >= 4 is 0 Å². The van der Waals surface area contributed by atoms with Crippen molar-refractivity contribution in [3.63, 3.8) is 0 Å². The van der Waals surface area contributed by atoms with E-state index in [-0.39, 0.29) is 11.5 Å². The van der Waals surface area contributed by atoms with Gasteiger partial charge in [-0.1, -0.05) is 0 Å². The van der Waals surface area contributed by atoms with E-state index in [1.165, 1.54) is 0 Å². The molecule has 2 rings (SSSR count). The molecule has 1 aliphatic rings. The average molecular weight is 245 g/mol. The summed E-state index contributed by atoms with van der Waals surface area (Å²) in [5, 5.41) is 0. The Morgan fingerprint density at radius 3 is 2.47 bits per heavy atom. The lowest BCUT2D eigenvalue weighted by Crippen LogP contribution is -2.28. The van der Waals surface area contributed by atoms with Gasteiger partial charge >= 0.3 is 0 Å². The molecule has 1 aromatic carbocycles. The van der Waals surface area contributed by atoms with Crippen molar-refractivity contribution in [3.8, 4) is 0 Å². The van der Waals surface area contributed by atoms with Gasteiger partial charge < -0.3 is 10.5 Å². The molecule has 1 aromatic rings. The second kappa shape index (κ2) is 5.06. The Hall–Kier alpha value is -1.07. The molecule has 1 fully saturated rings. The zero-order valence-electron chi connectivity index (χ0n) is 9.26. The Labute approximate surface area is 97.6 Å². The van der Waals surface area contributed by atoms with E-state index in [0.717, 1.165) is 6.07 Å². The van der Waals surface area contributed by atoms with Crippen molar-refractivity contribution in [2.75, 3.05) is 13.2 Å². The van der Waals surface area contributed by atoms with Crippen molar-refractivity contribution in [3.05, 3.63) is 35.1 Å². The minimum atomic E-state index is -1.19. The normalized spacial score (nSPS) is 19.3. The molecule has 2 N–H and O–H groups in total. The van der Waals surface area contributed by atoms with Crippen LogP contribution in [0.15, 0.2) is 12.1 Å². The van der Waals surface area contributed by atoms with Crippen LogP contribution in [0, 0.1) is 23.4 Å². The van der Waals surface area contributed by atoms with Gasteiger partial charge in [0.25, 0.3) is 0 Å². The van der Waals surface area contributed by atoms with E-state index in [0.29, 0.717) is 32.1 Å². The molecule has 0 unspecified atom stereocenters. The number of halogens is 3. The maximum Gasteiger partial charge on any atom is 0.163 e. The fourth-order valence-electron chi connectivity index (χ4n) is 2.15. The highest BCUT2D eigenvalue weighted by Crippen LogP contribution is 2.30. The summed E-state index contributed by atoms with van der Waals surface area (Å²) in [5.74, 6) is -3.05. The van der Waals surface area contributed by atoms with Gasteiger partial charge in [0, 0.05) is 30.9 Å². The standard InChI is InChI=1S/C12H14F3NO/c13-8-5-9(11(15)10(14)6-8)12(16)7-1-3-17-4-2-7/h5-7,12H,1-4,16H2/t12-/m0/s1. The van der Waals surface area contributed by atoms with Crippen LogP contribution in [0.5, 0.6) is 0 Å². The van der Waals surface area contributed by atoms with Gasteiger partial charge in [-0.15, -0.1) is 0 Å². The maximum absolute atomic E-state index is 13.5. The smallest absolute Gasteiger partial charge is 0.163 e. The zero-order chi connectivity index (χ0) is 12.4. The summed E-state index contributed by atoms with van der Waals surface area (Å²) in [6, 6.07) is 0.803. The molecule has 2 nitrogen and oxygen atoms in total. The first kappa shape index (κ1) is 12.4. The molecule has 1 saturated heterocycles. The molecule has 0 bridgehead atoms. The summed E-state index contributed by atoms with van der Waals surface area (Å²) in [7, 11) is 0. The van der Waals surface area contributed by atoms with Crippen LogP contribution in [-0.4, -0.2) is 13.2 Å². The second-order valence-corrected chi connectivity index (χ2v) is 4.27. The summed E-state index contributed by atoms with van der Waals surface area (Å²) in [6.45, 7) is 1.11. The van der Waals surface area contributed by atoms with E-state index in [2.05, 4.69) is 0 Å². The monoisotopic (exact) mass is 245 g/mol. The van der Waals surface area contributed by atoms with Gasteiger partial charge in [0.15, 0.2) is 11.6 Å². The third-order valence-electron chi connectivity index (χ3n) is 3.15. The van der Waals surface area contributed by atoms with E-state index in [1.54, 1.807) is 0 Å². The minimum absolute atomic E-state index is 0.000509. The van der Waals surface area contributed by atoms with Crippen LogP contribution in [0.25, 0.3) is 0 Å². The highest BCUT2D eigenvalue weighted by Gasteiger charge is 2.26. The number of rotatable bonds is 2. The Morgan fingerprint density at radius 2 is 1.82 bits per heavy atom. The Bertz CT molecular complexity index is 405. The first-order chi connectivity index (χ1) is 8.09. The third-order valence-corrected chi connectivity index (χ3v) is 3.15. The van der Waals surface area contributed by atoms with Crippen LogP contribution in [0.3, 0.4) is 0 Å². The average Bonchev–Trinajstić information content (AvgIpc) is 2.34. The van der Waals surface area contributed by atoms with Gasteiger partial charge in [0.1, 0.15) is 5.82 Å². The summed E-state index contributed by atoms with van der Waals surface area (Å²) < 4.78 is 44.8. The molecule has 5 heteroatoms. The third kappa shape index (κ3) is 2.61. The lowest BCUT2D eigenvalue weighted by atomic mass is 9.87. The fourth-order valence-corrected chi connectivity index (χ4v) is 2.15. The predicted molar refractivity (Wildman–Crippen MR) is 56.8 cm³/mol. The lowest BCUT2D eigenvalue weighted by Gasteiger charge is -2.28. The molecule has 1 atom stereocenters. The van der Waals surface area contributed by atoms with Crippen LogP contribution in [-0.2, 0) is 4.74 Å². The number of hydrogen-bond donors (Lipinski definition) is 1. The Balaban J connectivity index is 2.26. The van der Waals surface area contributed by atoms with Crippen molar-refractivity contribution in [2.45, 2.75) is 18.9 Å². The molecule has 94 valence electrons. The van der Waals surface area contributed by atoms with Crippen LogP contribution >= 0.6 is 0 Å². The molecule has 0 radical (unpaired) electrons. The summed E-state index contributed by atoms with van der Waals surface area (Å²) >= 11 is 0. The molecule has 1 heterocycles. The predicted octanol–water partition coefficient (Wildman–Crippen LogP) is 2.53.